The predicted octanol–water partition coefficient (Wildman–Crippen LogP) is 3.97. The van der Waals surface area contributed by atoms with Crippen LogP contribution in [0.2, 0.25) is 0 Å². The minimum absolute atomic E-state index is 0.172. The van der Waals surface area contributed by atoms with E-state index in [9.17, 15) is 4.79 Å². The molecular weight excluding hydrogens is 368 g/mol. The van der Waals surface area contributed by atoms with E-state index in [2.05, 4.69) is 15.3 Å². The number of nitrogens with one attached hydrogen (secondary N) is 1. The lowest BCUT2D eigenvalue weighted by molar-refractivity contribution is 0.0983. The topological polar surface area (TPSA) is 76.6 Å². The van der Waals surface area contributed by atoms with Crippen LogP contribution in [0.25, 0.3) is 0 Å². The molecular formula is C22H22N4O3. The molecule has 0 unspecified atom stereocenters. The summed E-state index contributed by atoms with van der Waals surface area (Å²) in [4.78, 5) is 23.7. The number of carbonyl (C=O) groups excluding carboxylic acids is 1. The monoisotopic (exact) mass is 390 g/mol. The van der Waals surface area contributed by atoms with Crippen LogP contribution in [0.5, 0.6) is 11.5 Å². The molecule has 1 N–H and O–H groups in total. The van der Waals surface area contributed by atoms with Crippen molar-refractivity contribution in [1.82, 2.24) is 9.97 Å². The molecule has 0 radical (unpaired) electrons. The van der Waals surface area contributed by atoms with Gasteiger partial charge in [0, 0.05) is 29.7 Å². The van der Waals surface area contributed by atoms with Gasteiger partial charge in [0.25, 0.3) is 5.91 Å². The summed E-state index contributed by atoms with van der Waals surface area (Å²) >= 11 is 0. The van der Waals surface area contributed by atoms with Gasteiger partial charge in [0.2, 0.25) is 5.95 Å². The molecule has 3 aromatic rings. The number of aryl methyl sites for hydroxylation is 1. The number of aromatic nitrogens is 2. The highest BCUT2D eigenvalue weighted by molar-refractivity contribution is 6.05. The summed E-state index contributed by atoms with van der Waals surface area (Å²) in [7, 11) is 0. The quantitative estimate of drug-likeness (QED) is 0.710. The molecule has 0 bridgehead atoms. The summed E-state index contributed by atoms with van der Waals surface area (Å²) in [6, 6.07) is 16.8. The van der Waals surface area contributed by atoms with Gasteiger partial charge in [-0.15, -0.1) is 0 Å². The second-order valence-corrected chi connectivity index (χ2v) is 6.59. The molecule has 1 aliphatic rings. The average Bonchev–Trinajstić information content (AvgIpc) is 2.74. The van der Waals surface area contributed by atoms with E-state index in [1.165, 1.54) is 0 Å². The van der Waals surface area contributed by atoms with Crippen molar-refractivity contribution < 1.29 is 14.3 Å². The number of benzene rings is 2. The van der Waals surface area contributed by atoms with E-state index in [4.69, 9.17) is 9.47 Å². The minimum atomic E-state index is -0.172. The molecule has 1 aromatic heterocycles. The second kappa shape index (κ2) is 8.18. The van der Waals surface area contributed by atoms with Crippen molar-refractivity contribution >= 4 is 23.2 Å². The Balaban J connectivity index is 1.60. The van der Waals surface area contributed by atoms with Crippen molar-refractivity contribution in [2.45, 2.75) is 13.8 Å². The molecule has 1 aliphatic heterocycles. The molecule has 0 saturated carbocycles. The molecule has 0 spiro atoms. The maximum atomic E-state index is 13.1. The molecule has 4 rings (SSSR count). The highest BCUT2D eigenvalue weighted by Crippen LogP contribution is 2.33. The first-order chi connectivity index (χ1) is 14.1. The molecule has 2 aromatic carbocycles. The van der Waals surface area contributed by atoms with Crippen LogP contribution in [-0.2, 0) is 0 Å². The highest BCUT2D eigenvalue weighted by Gasteiger charge is 2.19. The van der Waals surface area contributed by atoms with Crippen LogP contribution in [0.3, 0.4) is 0 Å². The molecule has 0 atom stereocenters. The maximum Gasteiger partial charge on any atom is 0.277 e. The number of hydrogen-bond donors (Lipinski definition) is 1. The molecule has 0 fully saturated rings. The van der Waals surface area contributed by atoms with E-state index < -0.39 is 0 Å². The Morgan fingerprint density at radius 1 is 1.03 bits per heavy atom. The van der Waals surface area contributed by atoms with Crippen LogP contribution in [0, 0.1) is 6.92 Å². The smallest absolute Gasteiger partial charge is 0.277 e. The summed E-state index contributed by atoms with van der Waals surface area (Å²) in [5, 5.41) is 3.16. The summed E-state index contributed by atoms with van der Waals surface area (Å²) in [5.41, 5.74) is 2.63. The normalized spacial score (nSPS) is 12.3. The number of fused-ring (bicyclic) bond motifs is 1. The Morgan fingerprint density at radius 2 is 1.79 bits per heavy atom. The number of amides is 1. The van der Waals surface area contributed by atoms with Crippen molar-refractivity contribution in [2.24, 2.45) is 0 Å². The molecule has 7 heteroatoms. The number of carbonyl (C=O) groups is 1. The number of rotatable bonds is 5. The van der Waals surface area contributed by atoms with Gasteiger partial charge in [0.05, 0.1) is 0 Å². The lowest BCUT2D eigenvalue weighted by Gasteiger charge is -2.21. The fourth-order valence-corrected chi connectivity index (χ4v) is 3.17. The van der Waals surface area contributed by atoms with Crippen LogP contribution >= 0.6 is 0 Å². The number of ether oxygens (including phenoxy) is 2. The number of anilines is 3. The zero-order valence-corrected chi connectivity index (χ0v) is 16.4. The van der Waals surface area contributed by atoms with Crippen LogP contribution in [-0.4, -0.2) is 35.6 Å². The standard InChI is InChI=1S/C22H22N4O3/c1-3-26(17-7-5-4-6-8-17)21(27)18-13-15(2)23-22(25-18)24-16-9-10-19-20(14-16)29-12-11-28-19/h4-10,13-14H,3,11-12H2,1-2H3,(H,23,24,25). The van der Waals surface area contributed by atoms with E-state index >= 15 is 0 Å². The van der Waals surface area contributed by atoms with Gasteiger partial charge in [-0.05, 0) is 44.2 Å². The SMILES string of the molecule is CCN(C(=O)c1cc(C)nc(Nc2ccc3c(c2)OCCO3)n1)c1ccccc1. The van der Waals surface area contributed by atoms with Crippen molar-refractivity contribution in [3.8, 4) is 11.5 Å². The Morgan fingerprint density at radius 3 is 2.55 bits per heavy atom. The van der Waals surface area contributed by atoms with E-state index in [1.54, 1.807) is 11.0 Å². The number of hydrogen-bond acceptors (Lipinski definition) is 6. The summed E-state index contributed by atoms with van der Waals surface area (Å²) in [6.45, 7) is 5.38. The van der Waals surface area contributed by atoms with Gasteiger partial charge < -0.3 is 19.7 Å². The third kappa shape index (κ3) is 4.13. The van der Waals surface area contributed by atoms with Gasteiger partial charge in [0.15, 0.2) is 11.5 Å². The van der Waals surface area contributed by atoms with Crippen LogP contribution in [0.1, 0.15) is 23.1 Å². The van der Waals surface area contributed by atoms with Crippen molar-refractivity contribution in [1.29, 1.82) is 0 Å². The van der Waals surface area contributed by atoms with E-state index in [-0.39, 0.29) is 5.91 Å². The van der Waals surface area contributed by atoms with Crippen LogP contribution in [0.15, 0.2) is 54.6 Å². The third-order valence-electron chi connectivity index (χ3n) is 4.50. The molecule has 29 heavy (non-hydrogen) atoms. The van der Waals surface area contributed by atoms with Crippen molar-refractivity contribution in [2.75, 3.05) is 30.0 Å². The lowest BCUT2D eigenvalue weighted by atomic mass is 10.2. The van der Waals surface area contributed by atoms with E-state index in [1.807, 2.05) is 62.4 Å². The average molecular weight is 390 g/mol. The van der Waals surface area contributed by atoms with E-state index in [0.29, 0.717) is 48.6 Å². The zero-order valence-electron chi connectivity index (χ0n) is 16.4. The molecule has 0 saturated heterocycles. The van der Waals surface area contributed by atoms with Crippen LogP contribution < -0.4 is 19.7 Å². The Bertz CT molecular complexity index is 1020. The first kappa shape index (κ1) is 18.7. The molecule has 2 heterocycles. The maximum absolute atomic E-state index is 13.1. The molecule has 0 aliphatic carbocycles. The van der Waals surface area contributed by atoms with Crippen molar-refractivity contribution in [3.63, 3.8) is 0 Å². The van der Waals surface area contributed by atoms with Crippen molar-refractivity contribution in [3.05, 3.63) is 66.0 Å². The van der Waals surface area contributed by atoms with Crippen LogP contribution in [0.4, 0.5) is 17.3 Å². The lowest BCUT2D eigenvalue weighted by Crippen LogP contribution is -2.31. The Labute approximate surface area is 169 Å². The molecule has 7 nitrogen and oxygen atoms in total. The minimum Gasteiger partial charge on any atom is -0.486 e. The largest absolute Gasteiger partial charge is 0.486 e. The fraction of sp³-hybridized carbons (Fsp3) is 0.227. The van der Waals surface area contributed by atoms with Gasteiger partial charge in [-0.3, -0.25) is 4.79 Å². The fourth-order valence-electron chi connectivity index (χ4n) is 3.17. The summed E-state index contributed by atoms with van der Waals surface area (Å²) in [6.07, 6.45) is 0. The Kier molecular flexibility index (Phi) is 5.29. The van der Waals surface area contributed by atoms with Gasteiger partial charge >= 0.3 is 0 Å². The zero-order chi connectivity index (χ0) is 20.2. The molecule has 148 valence electrons. The summed E-state index contributed by atoms with van der Waals surface area (Å²) in [5.74, 6) is 1.57. The van der Waals surface area contributed by atoms with Gasteiger partial charge in [-0.25, -0.2) is 9.97 Å². The van der Waals surface area contributed by atoms with Gasteiger partial charge in [-0.2, -0.15) is 0 Å². The third-order valence-corrected chi connectivity index (χ3v) is 4.50. The van der Waals surface area contributed by atoms with Gasteiger partial charge in [0.1, 0.15) is 18.9 Å². The Hall–Kier alpha value is -3.61. The van der Waals surface area contributed by atoms with E-state index in [0.717, 1.165) is 11.4 Å². The predicted molar refractivity (Wildman–Crippen MR) is 111 cm³/mol. The highest BCUT2D eigenvalue weighted by atomic mass is 16.6. The second-order valence-electron chi connectivity index (χ2n) is 6.59. The number of para-hydroxylation sites is 1. The van der Waals surface area contributed by atoms with Gasteiger partial charge in [-0.1, -0.05) is 18.2 Å². The molecule has 1 amide bonds. The first-order valence-electron chi connectivity index (χ1n) is 9.53. The summed E-state index contributed by atoms with van der Waals surface area (Å²) < 4.78 is 11.2. The number of nitrogens with zero attached hydrogens (tertiary/aromatic N) is 3. The first-order valence-corrected chi connectivity index (χ1v) is 9.53.